The molecule has 0 aliphatic heterocycles. The van der Waals surface area contributed by atoms with Crippen LogP contribution in [0.1, 0.15) is 52.4 Å². The molecule has 4 aliphatic rings. The normalized spacial score (nSPS) is 30.2. The van der Waals surface area contributed by atoms with Crippen molar-refractivity contribution in [3.05, 3.63) is 78.0 Å². The number of aromatic nitrogens is 1. The smallest absolute Gasteiger partial charge is 0.200 e. The summed E-state index contributed by atoms with van der Waals surface area (Å²) in [5, 5.41) is 0. The Morgan fingerprint density at radius 1 is 0.839 bits per heavy atom. The van der Waals surface area contributed by atoms with Crippen LogP contribution in [-0.4, -0.2) is 0 Å². The van der Waals surface area contributed by atoms with Crippen molar-refractivity contribution in [3.63, 3.8) is 0 Å². The topological polar surface area (TPSA) is 3.88 Å². The standard InChI is InChI=1S/C30H34N/c1-21-5-3-4-6-28(21)29-12-11-27(20-31(29)2)26-9-7-22(8-10-26)16-30-17-23-13-24(18-30)15-25(14-23)19-30/h3-12,20,23-25H,13-19H2,1-2H3/q+1/i16D2. The predicted molar refractivity (Wildman–Crippen MR) is 128 cm³/mol. The van der Waals surface area contributed by atoms with Crippen molar-refractivity contribution in [1.82, 2.24) is 0 Å². The Morgan fingerprint density at radius 3 is 2.06 bits per heavy atom. The Balaban J connectivity index is 1.29. The molecule has 1 heteroatoms. The van der Waals surface area contributed by atoms with Crippen LogP contribution in [0.5, 0.6) is 0 Å². The first-order valence-corrected chi connectivity index (χ1v) is 12.0. The second-order valence-electron chi connectivity index (χ2n) is 10.6. The zero-order valence-corrected chi connectivity index (χ0v) is 18.8. The first-order chi connectivity index (χ1) is 15.8. The number of hydrogen-bond donors (Lipinski definition) is 0. The summed E-state index contributed by atoms with van der Waals surface area (Å²) in [7, 11) is 2.10. The van der Waals surface area contributed by atoms with Gasteiger partial charge in [-0.3, -0.25) is 0 Å². The molecule has 1 nitrogen and oxygen atoms in total. The maximum absolute atomic E-state index is 9.26. The monoisotopic (exact) mass is 410 g/mol. The molecule has 7 rings (SSSR count). The molecule has 0 unspecified atom stereocenters. The van der Waals surface area contributed by atoms with E-state index in [1.165, 1.54) is 36.1 Å². The van der Waals surface area contributed by atoms with E-state index in [-0.39, 0.29) is 5.41 Å². The van der Waals surface area contributed by atoms with Crippen LogP contribution in [0.25, 0.3) is 22.4 Å². The maximum Gasteiger partial charge on any atom is 0.212 e. The lowest BCUT2D eigenvalue weighted by Gasteiger charge is -2.57. The van der Waals surface area contributed by atoms with Crippen LogP contribution in [0.3, 0.4) is 0 Å². The Bertz CT molecular complexity index is 1160. The molecule has 31 heavy (non-hydrogen) atoms. The molecule has 4 aliphatic carbocycles. The molecule has 1 heterocycles. The van der Waals surface area contributed by atoms with Gasteiger partial charge in [0.15, 0.2) is 6.20 Å². The predicted octanol–water partition coefficient (Wildman–Crippen LogP) is 6.91. The highest BCUT2D eigenvalue weighted by molar-refractivity contribution is 5.66. The molecule has 0 amide bonds. The van der Waals surface area contributed by atoms with Crippen molar-refractivity contribution in [2.24, 2.45) is 30.2 Å². The molecule has 3 aromatic rings. The summed E-state index contributed by atoms with van der Waals surface area (Å²) >= 11 is 0. The highest BCUT2D eigenvalue weighted by atomic mass is 14.9. The van der Waals surface area contributed by atoms with Crippen LogP contribution >= 0.6 is 0 Å². The summed E-state index contributed by atoms with van der Waals surface area (Å²) < 4.78 is 20.7. The van der Waals surface area contributed by atoms with E-state index in [1.807, 2.05) is 0 Å². The van der Waals surface area contributed by atoms with Crippen molar-refractivity contribution >= 4 is 0 Å². The van der Waals surface area contributed by atoms with Crippen LogP contribution in [0.4, 0.5) is 0 Å². The average molecular weight is 411 g/mol. The van der Waals surface area contributed by atoms with Crippen LogP contribution in [0.15, 0.2) is 66.9 Å². The van der Waals surface area contributed by atoms with Crippen molar-refractivity contribution < 1.29 is 7.31 Å². The van der Waals surface area contributed by atoms with Crippen LogP contribution in [0, 0.1) is 30.1 Å². The van der Waals surface area contributed by atoms with Gasteiger partial charge in [0.1, 0.15) is 7.05 Å². The lowest BCUT2D eigenvalue weighted by molar-refractivity contribution is -0.659. The average Bonchev–Trinajstić information content (AvgIpc) is 2.79. The summed E-state index contributed by atoms with van der Waals surface area (Å²) in [6.45, 7) is 2.15. The number of nitrogens with zero attached hydrogens (tertiary/aromatic N) is 1. The lowest BCUT2D eigenvalue weighted by Crippen LogP contribution is -2.47. The molecular formula is C30H34N+. The van der Waals surface area contributed by atoms with Gasteiger partial charge in [0.25, 0.3) is 0 Å². The fraction of sp³-hybridized carbons (Fsp3) is 0.433. The van der Waals surface area contributed by atoms with E-state index >= 15 is 0 Å². The zero-order chi connectivity index (χ0) is 22.8. The summed E-state index contributed by atoms with van der Waals surface area (Å²) in [5.41, 5.74) is 6.76. The van der Waals surface area contributed by atoms with E-state index in [1.54, 1.807) is 0 Å². The van der Waals surface area contributed by atoms with Gasteiger partial charge < -0.3 is 0 Å². The number of hydrogen-bond acceptors (Lipinski definition) is 0. The molecule has 0 N–H and O–H groups in total. The molecule has 158 valence electrons. The minimum atomic E-state index is -1.25. The van der Waals surface area contributed by atoms with E-state index in [9.17, 15) is 2.74 Å². The van der Waals surface area contributed by atoms with Crippen molar-refractivity contribution in [1.29, 1.82) is 0 Å². The minimum absolute atomic E-state index is 0.148. The summed E-state index contributed by atoms with van der Waals surface area (Å²) in [4.78, 5) is 0. The van der Waals surface area contributed by atoms with Gasteiger partial charge in [-0.05, 0) is 104 Å². The Hall–Kier alpha value is -2.41. The number of aryl methyl sites for hydroxylation is 2. The molecule has 4 fully saturated rings. The van der Waals surface area contributed by atoms with Gasteiger partial charge in [-0.15, -0.1) is 0 Å². The zero-order valence-electron chi connectivity index (χ0n) is 20.8. The van der Waals surface area contributed by atoms with Gasteiger partial charge in [0.05, 0.1) is 0 Å². The van der Waals surface area contributed by atoms with E-state index in [0.29, 0.717) is 0 Å². The third kappa shape index (κ3) is 3.53. The molecule has 4 saturated carbocycles. The molecule has 4 bridgehead atoms. The first-order valence-electron chi connectivity index (χ1n) is 13.0. The van der Waals surface area contributed by atoms with E-state index in [2.05, 4.69) is 85.4 Å². The van der Waals surface area contributed by atoms with Gasteiger partial charge in [-0.25, -0.2) is 4.57 Å². The van der Waals surface area contributed by atoms with E-state index in [0.717, 1.165) is 53.7 Å². The third-order valence-corrected chi connectivity index (χ3v) is 8.22. The molecule has 2 aromatic carbocycles. The molecule has 0 spiro atoms. The Labute approximate surface area is 190 Å². The quantitative estimate of drug-likeness (QED) is 0.411. The van der Waals surface area contributed by atoms with Gasteiger partial charge in [-0.1, -0.05) is 42.5 Å². The molecular weight excluding hydrogens is 374 g/mol. The van der Waals surface area contributed by atoms with Crippen LogP contribution < -0.4 is 4.57 Å². The molecule has 1 aromatic heterocycles. The largest absolute Gasteiger partial charge is 0.212 e. The highest BCUT2D eigenvalue weighted by Gasteiger charge is 2.50. The van der Waals surface area contributed by atoms with Crippen molar-refractivity contribution in [3.8, 4) is 22.4 Å². The number of benzene rings is 2. The summed E-state index contributed by atoms with van der Waals surface area (Å²) in [6, 6.07) is 21.2. The third-order valence-electron chi connectivity index (χ3n) is 8.22. The van der Waals surface area contributed by atoms with E-state index in [4.69, 9.17) is 0 Å². The second-order valence-corrected chi connectivity index (χ2v) is 10.6. The summed E-state index contributed by atoms with van der Waals surface area (Å²) in [6.07, 6.45) is 8.25. The highest BCUT2D eigenvalue weighted by Crippen LogP contribution is 2.61. The van der Waals surface area contributed by atoms with Crippen molar-refractivity contribution in [2.75, 3.05) is 0 Å². The molecule has 0 saturated heterocycles. The SMILES string of the molecule is [2H]C([2H])(c1ccc(-c2ccc(-c3ccccc3C)[n+](C)c2)cc1)C12CC3CC(CC(C3)C1)C2. The second kappa shape index (κ2) is 7.33. The first kappa shape index (κ1) is 17.2. The molecule has 0 radical (unpaired) electrons. The molecule has 0 atom stereocenters. The maximum atomic E-state index is 9.26. The van der Waals surface area contributed by atoms with Gasteiger partial charge in [0, 0.05) is 19.9 Å². The fourth-order valence-corrected chi connectivity index (χ4v) is 7.23. The number of pyridine rings is 1. The van der Waals surface area contributed by atoms with Gasteiger partial charge in [0.2, 0.25) is 5.69 Å². The van der Waals surface area contributed by atoms with Crippen molar-refractivity contribution in [2.45, 2.75) is 51.8 Å². The van der Waals surface area contributed by atoms with Crippen LogP contribution in [-0.2, 0) is 13.4 Å². The number of rotatable bonds is 4. The Morgan fingerprint density at radius 2 is 1.45 bits per heavy atom. The summed E-state index contributed by atoms with van der Waals surface area (Å²) in [5.74, 6) is 2.28. The van der Waals surface area contributed by atoms with Gasteiger partial charge >= 0.3 is 0 Å². The lowest BCUT2D eigenvalue weighted by atomic mass is 9.48. The van der Waals surface area contributed by atoms with E-state index < -0.39 is 6.37 Å². The van der Waals surface area contributed by atoms with Crippen LogP contribution in [0.2, 0.25) is 0 Å². The van der Waals surface area contributed by atoms with Gasteiger partial charge in [-0.2, -0.15) is 0 Å². The Kier molecular flexibility index (Phi) is 4.06. The fourth-order valence-electron chi connectivity index (χ4n) is 7.23. The minimum Gasteiger partial charge on any atom is -0.200 e.